The number of ether oxygens (including phenoxy) is 2. The summed E-state index contributed by atoms with van der Waals surface area (Å²) >= 11 is 0. The summed E-state index contributed by atoms with van der Waals surface area (Å²) in [6.07, 6.45) is 1.78. The zero-order chi connectivity index (χ0) is 14.9. The molecule has 2 fully saturated rings. The van der Waals surface area contributed by atoms with Gasteiger partial charge in [-0.3, -0.25) is 0 Å². The van der Waals surface area contributed by atoms with Crippen LogP contribution in [0.25, 0.3) is 0 Å². The Balaban J connectivity index is 1.71. The van der Waals surface area contributed by atoms with E-state index in [4.69, 9.17) is 9.47 Å². The van der Waals surface area contributed by atoms with E-state index < -0.39 is 0 Å². The van der Waals surface area contributed by atoms with E-state index >= 15 is 0 Å². The van der Waals surface area contributed by atoms with Crippen LogP contribution < -0.4 is 10.2 Å². The minimum absolute atomic E-state index is 0.324. The van der Waals surface area contributed by atoms with E-state index in [0.717, 1.165) is 50.7 Å². The number of aryl methyl sites for hydroxylation is 1. The third kappa shape index (κ3) is 3.27. The molecule has 0 unspecified atom stereocenters. The van der Waals surface area contributed by atoms with Gasteiger partial charge < -0.3 is 19.7 Å². The molecule has 1 spiro atoms. The van der Waals surface area contributed by atoms with Gasteiger partial charge in [0.05, 0.1) is 13.2 Å². The Morgan fingerprint density at radius 3 is 2.48 bits per heavy atom. The van der Waals surface area contributed by atoms with E-state index in [2.05, 4.69) is 34.0 Å². The zero-order valence-corrected chi connectivity index (χ0v) is 13.1. The molecule has 0 radical (unpaired) electrons. The number of rotatable bonds is 3. The molecular weight excluding hydrogens is 268 g/mol. The molecule has 1 aromatic heterocycles. The summed E-state index contributed by atoms with van der Waals surface area (Å²) in [7, 11) is 0. The van der Waals surface area contributed by atoms with Crippen molar-refractivity contribution >= 4 is 11.8 Å². The number of hydrogen-bond donors (Lipinski definition) is 1. The minimum Gasteiger partial charge on any atom is -0.356 e. The largest absolute Gasteiger partial charge is 0.356 e. The molecular formula is C15H24N4O2. The third-order valence-electron chi connectivity index (χ3n) is 3.92. The number of nitrogens with zero attached hydrogens (tertiary/aromatic N) is 3. The van der Waals surface area contributed by atoms with E-state index in [1.807, 2.05) is 13.0 Å². The van der Waals surface area contributed by atoms with Crippen molar-refractivity contribution in [3.05, 3.63) is 11.8 Å². The van der Waals surface area contributed by atoms with Gasteiger partial charge in [0.15, 0.2) is 5.79 Å². The first-order chi connectivity index (χ1) is 10.1. The van der Waals surface area contributed by atoms with Crippen molar-refractivity contribution in [2.45, 2.75) is 45.4 Å². The van der Waals surface area contributed by atoms with Crippen molar-refractivity contribution in [3.8, 4) is 0 Å². The van der Waals surface area contributed by atoms with Crippen LogP contribution in [0.4, 0.5) is 11.8 Å². The molecule has 2 aliphatic rings. The van der Waals surface area contributed by atoms with Gasteiger partial charge in [-0.1, -0.05) is 0 Å². The van der Waals surface area contributed by atoms with Crippen LogP contribution in [0.5, 0.6) is 0 Å². The van der Waals surface area contributed by atoms with Crippen LogP contribution in [0.2, 0.25) is 0 Å². The molecule has 116 valence electrons. The van der Waals surface area contributed by atoms with Gasteiger partial charge in [0, 0.05) is 43.7 Å². The first-order valence-electron chi connectivity index (χ1n) is 7.71. The number of hydrogen-bond acceptors (Lipinski definition) is 6. The van der Waals surface area contributed by atoms with Gasteiger partial charge >= 0.3 is 0 Å². The average Bonchev–Trinajstić information content (AvgIpc) is 2.86. The monoisotopic (exact) mass is 292 g/mol. The molecule has 21 heavy (non-hydrogen) atoms. The number of anilines is 2. The fourth-order valence-corrected chi connectivity index (χ4v) is 2.90. The Hall–Kier alpha value is -1.40. The summed E-state index contributed by atoms with van der Waals surface area (Å²) in [6, 6.07) is 2.37. The fraction of sp³-hybridized carbons (Fsp3) is 0.733. The van der Waals surface area contributed by atoms with Gasteiger partial charge in [0.2, 0.25) is 5.95 Å². The van der Waals surface area contributed by atoms with Gasteiger partial charge in [-0.25, -0.2) is 4.98 Å². The van der Waals surface area contributed by atoms with Crippen LogP contribution in [0.1, 0.15) is 32.4 Å². The Morgan fingerprint density at radius 1 is 1.19 bits per heavy atom. The molecule has 0 atom stereocenters. The molecule has 2 saturated heterocycles. The lowest BCUT2D eigenvalue weighted by molar-refractivity contribution is -0.169. The lowest BCUT2D eigenvalue weighted by Gasteiger charge is -2.38. The molecule has 6 heteroatoms. The summed E-state index contributed by atoms with van der Waals surface area (Å²) < 4.78 is 11.5. The van der Waals surface area contributed by atoms with Crippen LogP contribution in [-0.2, 0) is 9.47 Å². The molecule has 3 rings (SSSR count). The topological polar surface area (TPSA) is 59.5 Å². The summed E-state index contributed by atoms with van der Waals surface area (Å²) in [6.45, 7) is 9.42. The van der Waals surface area contributed by atoms with Crippen molar-refractivity contribution in [1.82, 2.24) is 9.97 Å². The highest BCUT2D eigenvalue weighted by atomic mass is 16.7. The highest BCUT2D eigenvalue weighted by Crippen LogP contribution is 2.32. The van der Waals surface area contributed by atoms with Gasteiger partial charge in [0.1, 0.15) is 5.82 Å². The summed E-state index contributed by atoms with van der Waals surface area (Å²) in [5.74, 6) is 1.35. The molecule has 2 aliphatic heterocycles. The van der Waals surface area contributed by atoms with Crippen LogP contribution >= 0.6 is 0 Å². The maximum absolute atomic E-state index is 5.77. The molecule has 1 N–H and O–H groups in total. The molecule has 1 aromatic rings. The Morgan fingerprint density at radius 2 is 1.86 bits per heavy atom. The van der Waals surface area contributed by atoms with Crippen LogP contribution in [0.3, 0.4) is 0 Å². The predicted molar refractivity (Wildman–Crippen MR) is 81.6 cm³/mol. The highest BCUT2D eigenvalue weighted by molar-refractivity contribution is 5.45. The van der Waals surface area contributed by atoms with Crippen molar-refractivity contribution in [2.24, 2.45) is 0 Å². The number of aromatic nitrogens is 2. The van der Waals surface area contributed by atoms with Crippen molar-refractivity contribution in [2.75, 3.05) is 36.5 Å². The van der Waals surface area contributed by atoms with Crippen molar-refractivity contribution < 1.29 is 9.47 Å². The van der Waals surface area contributed by atoms with E-state index in [9.17, 15) is 0 Å². The first kappa shape index (κ1) is 14.5. The van der Waals surface area contributed by atoms with Crippen LogP contribution in [0, 0.1) is 6.92 Å². The molecule has 0 saturated carbocycles. The first-order valence-corrected chi connectivity index (χ1v) is 7.71. The van der Waals surface area contributed by atoms with Gasteiger partial charge in [-0.05, 0) is 20.8 Å². The minimum atomic E-state index is -0.336. The molecule has 6 nitrogen and oxygen atoms in total. The normalized spacial score (nSPS) is 21.2. The smallest absolute Gasteiger partial charge is 0.225 e. The second-order valence-electron chi connectivity index (χ2n) is 6.08. The molecule has 3 heterocycles. The number of piperidine rings is 1. The third-order valence-corrected chi connectivity index (χ3v) is 3.92. The molecule has 0 aliphatic carbocycles. The molecule has 0 bridgehead atoms. The Labute approximate surface area is 125 Å². The van der Waals surface area contributed by atoms with Gasteiger partial charge in [0.25, 0.3) is 0 Å². The molecule has 0 aromatic carbocycles. The Kier molecular flexibility index (Phi) is 3.99. The predicted octanol–water partition coefficient (Wildman–Crippen LogP) is 1.95. The van der Waals surface area contributed by atoms with Crippen LogP contribution in [-0.4, -0.2) is 48.1 Å². The van der Waals surface area contributed by atoms with E-state index in [1.165, 1.54) is 0 Å². The van der Waals surface area contributed by atoms with Crippen molar-refractivity contribution in [1.29, 1.82) is 0 Å². The summed E-state index contributed by atoms with van der Waals surface area (Å²) in [4.78, 5) is 11.4. The quantitative estimate of drug-likeness (QED) is 0.919. The maximum atomic E-state index is 5.77. The lowest BCUT2D eigenvalue weighted by atomic mass is 10.0. The standard InChI is InChI=1S/C15H24N4O2/c1-11(2)16-14-17-12(3)10-13(18-14)19-6-4-15(5-7-19)20-8-9-21-15/h10-11H,4-9H2,1-3H3,(H,16,17,18). The maximum Gasteiger partial charge on any atom is 0.225 e. The van der Waals surface area contributed by atoms with E-state index in [-0.39, 0.29) is 5.79 Å². The summed E-state index contributed by atoms with van der Waals surface area (Å²) in [5.41, 5.74) is 0.983. The second-order valence-corrected chi connectivity index (χ2v) is 6.08. The Bertz CT molecular complexity index is 490. The van der Waals surface area contributed by atoms with E-state index in [0.29, 0.717) is 12.0 Å². The second kappa shape index (κ2) is 5.77. The van der Waals surface area contributed by atoms with E-state index in [1.54, 1.807) is 0 Å². The SMILES string of the molecule is Cc1cc(N2CCC3(CC2)OCCO3)nc(NC(C)C)n1. The fourth-order valence-electron chi connectivity index (χ4n) is 2.90. The lowest BCUT2D eigenvalue weighted by Crippen LogP contribution is -2.45. The molecule has 0 amide bonds. The van der Waals surface area contributed by atoms with Gasteiger partial charge in [-0.2, -0.15) is 4.98 Å². The summed E-state index contributed by atoms with van der Waals surface area (Å²) in [5, 5.41) is 3.28. The van der Waals surface area contributed by atoms with Gasteiger partial charge in [-0.15, -0.1) is 0 Å². The number of nitrogens with one attached hydrogen (secondary N) is 1. The van der Waals surface area contributed by atoms with Crippen LogP contribution in [0.15, 0.2) is 6.07 Å². The van der Waals surface area contributed by atoms with Crippen molar-refractivity contribution in [3.63, 3.8) is 0 Å². The highest BCUT2D eigenvalue weighted by Gasteiger charge is 2.40. The average molecular weight is 292 g/mol. The zero-order valence-electron chi connectivity index (χ0n) is 13.1.